The second-order valence-corrected chi connectivity index (χ2v) is 8.44. The number of rotatable bonds is 5. The minimum Gasteiger partial charge on any atom is -0.460 e. The molecule has 23 heavy (non-hydrogen) atoms. The molecule has 1 rings (SSSR count). The minimum absolute atomic E-state index is 0.0707. The largest absolute Gasteiger partial charge is 0.460 e. The van der Waals surface area contributed by atoms with E-state index in [9.17, 15) is 14.7 Å². The van der Waals surface area contributed by atoms with Crippen LogP contribution in [-0.2, 0) is 14.3 Å². The summed E-state index contributed by atoms with van der Waals surface area (Å²) in [6.07, 6.45) is 1.96. The van der Waals surface area contributed by atoms with Gasteiger partial charge < -0.3 is 15.2 Å². The molecular formula is C18H33NO4. The lowest BCUT2D eigenvalue weighted by atomic mass is 9.65. The van der Waals surface area contributed by atoms with Crippen LogP contribution < -0.4 is 5.32 Å². The summed E-state index contributed by atoms with van der Waals surface area (Å²) in [5, 5.41) is 12.2. The Labute approximate surface area is 140 Å². The van der Waals surface area contributed by atoms with Crippen molar-refractivity contribution < 1.29 is 19.4 Å². The zero-order valence-corrected chi connectivity index (χ0v) is 15.7. The Morgan fingerprint density at radius 2 is 1.87 bits per heavy atom. The highest BCUT2D eigenvalue weighted by atomic mass is 16.6. The highest BCUT2D eigenvalue weighted by Crippen LogP contribution is 2.56. The standard InChI is InChI=1S/C18H33NO4/c1-8-12(11-20)19-14(21)13-9-10-18(7,17(13,5)6)15(22)23-16(2,3)4/h12-13,20H,8-11H2,1-7H3,(H,19,21)/t12-,13-,18+/m1/s1. The van der Waals surface area contributed by atoms with Crippen LogP contribution in [0.1, 0.15) is 67.7 Å². The molecule has 0 aliphatic heterocycles. The van der Waals surface area contributed by atoms with E-state index >= 15 is 0 Å². The van der Waals surface area contributed by atoms with Crippen molar-refractivity contribution in [3.8, 4) is 0 Å². The van der Waals surface area contributed by atoms with Gasteiger partial charge in [-0.1, -0.05) is 20.8 Å². The van der Waals surface area contributed by atoms with Gasteiger partial charge >= 0.3 is 5.97 Å². The lowest BCUT2D eigenvalue weighted by Gasteiger charge is -2.40. The fraction of sp³-hybridized carbons (Fsp3) is 0.889. The molecule has 0 aromatic rings. The molecule has 0 unspecified atom stereocenters. The molecule has 5 nitrogen and oxygen atoms in total. The van der Waals surface area contributed by atoms with Gasteiger partial charge in [-0.25, -0.2) is 0 Å². The summed E-state index contributed by atoms with van der Waals surface area (Å²) in [5.41, 5.74) is -1.74. The molecule has 0 heterocycles. The van der Waals surface area contributed by atoms with Gasteiger partial charge in [-0.3, -0.25) is 9.59 Å². The van der Waals surface area contributed by atoms with E-state index in [1.807, 2.05) is 48.5 Å². The Balaban J connectivity index is 2.94. The molecule has 0 aromatic carbocycles. The van der Waals surface area contributed by atoms with Gasteiger partial charge in [0.25, 0.3) is 0 Å². The average Bonchev–Trinajstić information content (AvgIpc) is 2.66. The lowest BCUT2D eigenvalue weighted by molar-refractivity contribution is -0.173. The van der Waals surface area contributed by atoms with Crippen LogP contribution >= 0.6 is 0 Å². The number of carbonyl (C=O) groups excluding carboxylic acids is 2. The predicted octanol–water partition coefficient (Wildman–Crippen LogP) is 2.66. The summed E-state index contributed by atoms with van der Waals surface area (Å²) in [6, 6.07) is -0.230. The van der Waals surface area contributed by atoms with E-state index in [2.05, 4.69) is 5.32 Å². The van der Waals surface area contributed by atoms with Crippen molar-refractivity contribution in [2.45, 2.75) is 79.4 Å². The molecular weight excluding hydrogens is 294 g/mol. The van der Waals surface area contributed by atoms with Crippen LogP contribution in [0.5, 0.6) is 0 Å². The third-order valence-electron chi connectivity index (χ3n) is 5.45. The zero-order valence-electron chi connectivity index (χ0n) is 15.7. The van der Waals surface area contributed by atoms with E-state index in [4.69, 9.17) is 4.74 Å². The molecule has 0 aromatic heterocycles. The fourth-order valence-electron chi connectivity index (χ4n) is 3.29. The molecule has 0 spiro atoms. The van der Waals surface area contributed by atoms with Crippen molar-refractivity contribution in [1.82, 2.24) is 5.32 Å². The Morgan fingerprint density at radius 3 is 2.30 bits per heavy atom. The maximum absolute atomic E-state index is 12.7. The highest BCUT2D eigenvalue weighted by Gasteiger charge is 2.59. The first-order chi connectivity index (χ1) is 10.4. The van der Waals surface area contributed by atoms with Crippen molar-refractivity contribution in [2.24, 2.45) is 16.7 Å². The minimum atomic E-state index is -0.691. The molecule has 1 amide bonds. The number of amides is 1. The van der Waals surface area contributed by atoms with Crippen molar-refractivity contribution in [2.75, 3.05) is 6.61 Å². The van der Waals surface area contributed by atoms with E-state index in [1.54, 1.807) is 0 Å². The first-order valence-electron chi connectivity index (χ1n) is 8.53. The van der Waals surface area contributed by atoms with E-state index in [0.717, 1.165) is 0 Å². The van der Waals surface area contributed by atoms with Crippen LogP contribution in [0.15, 0.2) is 0 Å². The molecule has 3 atom stereocenters. The molecule has 134 valence electrons. The van der Waals surface area contributed by atoms with Crippen LogP contribution in [0.3, 0.4) is 0 Å². The van der Waals surface area contributed by atoms with E-state index in [-0.39, 0.29) is 30.4 Å². The van der Waals surface area contributed by atoms with Crippen LogP contribution in [0.2, 0.25) is 0 Å². The SMILES string of the molecule is CC[C@H](CO)NC(=O)[C@H]1CC[C@@](C)(C(=O)OC(C)(C)C)C1(C)C. The summed E-state index contributed by atoms with van der Waals surface area (Å²) in [6.45, 7) is 13.2. The van der Waals surface area contributed by atoms with Gasteiger partial charge in [-0.15, -0.1) is 0 Å². The highest BCUT2D eigenvalue weighted by molar-refractivity contribution is 5.85. The molecule has 0 saturated heterocycles. The van der Waals surface area contributed by atoms with Gasteiger partial charge in [-0.2, -0.15) is 0 Å². The summed E-state index contributed by atoms with van der Waals surface area (Å²) < 4.78 is 5.60. The molecule has 0 radical (unpaired) electrons. The van der Waals surface area contributed by atoms with E-state index in [0.29, 0.717) is 19.3 Å². The van der Waals surface area contributed by atoms with E-state index in [1.165, 1.54) is 0 Å². The maximum atomic E-state index is 12.7. The number of aliphatic hydroxyl groups excluding tert-OH is 1. The average molecular weight is 327 g/mol. The zero-order chi connectivity index (χ0) is 18.1. The quantitative estimate of drug-likeness (QED) is 0.761. The number of nitrogens with one attached hydrogen (secondary N) is 1. The molecule has 5 heteroatoms. The normalized spacial score (nSPS) is 28.3. The molecule has 1 fully saturated rings. The monoisotopic (exact) mass is 327 g/mol. The summed E-state index contributed by atoms with van der Waals surface area (Å²) in [5.74, 6) is -0.580. The van der Waals surface area contributed by atoms with Crippen LogP contribution in [0.4, 0.5) is 0 Å². The number of ether oxygens (including phenoxy) is 1. The number of hydrogen-bond donors (Lipinski definition) is 2. The smallest absolute Gasteiger partial charge is 0.312 e. The van der Waals surface area contributed by atoms with Crippen LogP contribution in [-0.4, -0.2) is 35.2 Å². The van der Waals surface area contributed by atoms with Crippen molar-refractivity contribution in [3.05, 3.63) is 0 Å². The second kappa shape index (κ2) is 6.80. The third kappa shape index (κ3) is 4.06. The molecule has 1 aliphatic carbocycles. The van der Waals surface area contributed by atoms with Gasteiger partial charge in [0, 0.05) is 5.92 Å². The summed E-state index contributed by atoms with van der Waals surface area (Å²) >= 11 is 0. The van der Waals surface area contributed by atoms with E-state index < -0.39 is 16.4 Å². The summed E-state index contributed by atoms with van der Waals surface area (Å²) in [7, 11) is 0. The van der Waals surface area contributed by atoms with Gasteiger partial charge in [0.2, 0.25) is 5.91 Å². The van der Waals surface area contributed by atoms with Crippen LogP contribution in [0, 0.1) is 16.7 Å². The third-order valence-corrected chi connectivity index (χ3v) is 5.45. The first kappa shape index (κ1) is 19.9. The molecule has 2 N–H and O–H groups in total. The summed E-state index contributed by atoms with van der Waals surface area (Å²) in [4.78, 5) is 25.3. The number of hydrogen-bond acceptors (Lipinski definition) is 4. The fourth-order valence-corrected chi connectivity index (χ4v) is 3.29. The Kier molecular flexibility index (Phi) is 5.89. The van der Waals surface area contributed by atoms with Gasteiger partial charge in [0.15, 0.2) is 0 Å². The Hall–Kier alpha value is -1.10. The second-order valence-electron chi connectivity index (χ2n) is 8.44. The topological polar surface area (TPSA) is 75.6 Å². The van der Waals surface area contributed by atoms with Gasteiger partial charge in [0.1, 0.15) is 5.60 Å². The van der Waals surface area contributed by atoms with Crippen LogP contribution in [0.25, 0.3) is 0 Å². The van der Waals surface area contributed by atoms with Gasteiger partial charge in [-0.05, 0) is 52.4 Å². The number of carbonyl (C=O) groups is 2. The number of esters is 1. The van der Waals surface area contributed by atoms with Crippen molar-refractivity contribution in [3.63, 3.8) is 0 Å². The Morgan fingerprint density at radius 1 is 1.30 bits per heavy atom. The van der Waals surface area contributed by atoms with Crippen molar-refractivity contribution in [1.29, 1.82) is 0 Å². The first-order valence-corrected chi connectivity index (χ1v) is 8.53. The molecule has 0 bridgehead atoms. The lowest BCUT2D eigenvalue weighted by Crippen LogP contribution is -2.49. The number of aliphatic hydroxyl groups is 1. The molecule has 1 aliphatic rings. The van der Waals surface area contributed by atoms with Crippen molar-refractivity contribution >= 4 is 11.9 Å². The maximum Gasteiger partial charge on any atom is 0.312 e. The Bertz CT molecular complexity index is 448. The molecule has 1 saturated carbocycles. The van der Waals surface area contributed by atoms with Gasteiger partial charge in [0.05, 0.1) is 18.1 Å². The predicted molar refractivity (Wildman–Crippen MR) is 89.8 cm³/mol.